The topological polar surface area (TPSA) is 26.3 Å². The summed E-state index contributed by atoms with van der Waals surface area (Å²) in [6, 6.07) is 0. The lowest BCUT2D eigenvalue weighted by atomic mass is 9.68. The molecule has 0 amide bonds. The highest BCUT2D eigenvalue weighted by molar-refractivity contribution is 5.37. The van der Waals surface area contributed by atoms with Crippen molar-refractivity contribution in [3.05, 3.63) is 0 Å². The predicted molar refractivity (Wildman–Crippen MR) is 52.3 cm³/mol. The number of hydrogen-bond acceptors (Lipinski definition) is 2. The molecule has 0 aromatic heterocycles. The molecule has 1 rings (SSSR count). The quantitative estimate of drug-likeness (QED) is 0.630. The molecule has 0 radical (unpaired) electrons. The van der Waals surface area contributed by atoms with Gasteiger partial charge in [-0.2, -0.15) is 0 Å². The van der Waals surface area contributed by atoms with E-state index in [1.807, 2.05) is 0 Å². The highest BCUT2D eigenvalue weighted by atomic mass is 16.5. The van der Waals surface area contributed by atoms with Crippen molar-refractivity contribution in [3.8, 4) is 0 Å². The molecule has 0 aliphatic heterocycles. The van der Waals surface area contributed by atoms with Crippen LogP contribution in [0.25, 0.3) is 0 Å². The lowest BCUT2D eigenvalue weighted by Gasteiger charge is -2.39. The Labute approximate surface area is 80.7 Å². The van der Waals surface area contributed by atoms with E-state index in [-0.39, 0.29) is 5.41 Å². The van der Waals surface area contributed by atoms with Crippen LogP contribution in [0.1, 0.15) is 40.0 Å². The van der Waals surface area contributed by atoms with Gasteiger partial charge in [0, 0.05) is 5.41 Å². The fourth-order valence-electron chi connectivity index (χ4n) is 2.31. The molecule has 0 N–H and O–H groups in total. The molecule has 13 heavy (non-hydrogen) atoms. The Morgan fingerprint density at radius 1 is 1.46 bits per heavy atom. The molecule has 1 unspecified atom stereocenters. The predicted octanol–water partition coefficient (Wildman–Crippen LogP) is 2.62. The van der Waals surface area contributed by atoms with Gasteiger partial charge in [0.1, 0.15) is 0 Å². The van der Waals surface area contributed by atoms with E-state index in [1.54, 1.807) is 0 Å². The summed E-state index contributed by atoms with van der Waals surface area (Å²) < 4.78 is 4.88. The number of ether oxygens (including phenoxy) is 1. The largest absolute Gasteiger partial charge is 0.467 e. The molecular formula is C11H20O2. The van der Waals surface area contributed by atoms with Crippen LogP contribution in [-0.2, 0) is 9.53 Å². The van der Waals surface area contributed by atoms with E-state index in [9.17, 15) is 4.79 Å². The molecule has 2 nitrogen and oxygen atoms in total. The third-order valence-corrected chi connectivity index (χ3v) is 3.49. The minimum atomic E-state index is 0.229. The zero-order valence-electron chi connectivity index (χ0n) is 8.88. The molecule has 76 valence electrons. The van der Waals surface area contributed by atoms with E-state index in [0.29, 0.717) is 13.1 Å². The van der Waals surface area contributed by atoms with Crippen LogP contribution in [0.15, 0.2) is 0 Å². The first kappa shape index (κ1) is 10.6. The van der Waals surface area contributed by atoms with Gasteiger partial charge in [0.05, 0.1) is 6.61 Å². The molecule has 0 aromatic rings. The SMILES string of the molecule is CC1CC[C@@](C)(COC=O)C[C@@H]1C. The molecule has 1 aliphatic rings. The van der Waals surface area contributed by atoms with Crippen LogP contribution in [0.4, 0.5) is 0 Å². The number of rotatable bonds is 3. The molecule has 2 heteroatoms. The van der Waals surface area contributed by atoms with Crippen molar-refractivity contribution in [2.75, 3.05) is 6.61 Å². The third kappa shape index (κ3) is 2.71. The molecule has 1 saturated carbocycles. The Balaban J connectivity index is 2.46. The molecule has 0 saturated heterocycles. The second kappa shape index (κ2) is 4.12. The van der Waals surface area contributed by atoms with Crippen molar-refractivity contribution in [1.82, 2.24) is 0 Å². The van der Waals surface area contributed by atoms with Gasteiger partial charge in [-0.15, -0.1) is 0 Å². The van der Waals surface area contributed by atoms with Gasteiger partial charge in [0.25, 0.3) is 6.47 Å². The van der Waals surface area contributed by atoms with Gasteiger partial charge in [-0.1, -0.05) is 20.8 Å². The van der Waals surface area contributed by atoms with Gasteiger partial charge in [0.15, 0.2) is 0 Å². The summed E-state index contributed by atoms with van der Waals surface area (Å²) in [6.07, 6.45) is 3.63. The molecule has 1 fully saturated rings. The van der Waals surface area contributed by atoms with Gasteiger partial charge in [-0.25, -0.2) is 0 Å². The van der Waals surface area contributed by atoms with Gasteiger partial charge >= 0.3 is 0 Å². The third-order valence-electron chi connectivity index (χ3n) is 3.49. The molecule has 0 aromatic carbocycles. The fourth-order valence-corrected chi connectivity index (χ4v) is 2.31. The molecule has 0 bridgehead atoms. The molecule has 3 atom stereocenters. The van der Waals surface area contributed by atoms with Crippen molar-refractivity contribution >= 4 is 6.47 Å². The summed E-state index contributed by atoms with van der Waals surface area (Å²) in [7, 11) is 0. The van der Waals surface area contributed by atoms with E-state index >= 15 is 0 Å². The molecule has 0 spiro atoms. The lowest BCUT2D eigenvalue weighted by molar-refractivity contribution is -0.133. The summed E-state index contributed by atoms with van der Waals surface area (Å²) in [5, 5.41) is 0. The first-order chi connectivity index (χ1) is 6.07. The second-order valence-electron chi connectivity index (χ2n) is 4.92. The summed E-state index contributed by atoms with van der Waals surface area (Å²) >= 11 is 0. The van der Waals surface area contributed by atoms with Crippen molar-refractivity contribution in [2.24, 2.45) is 17.3 Å². The van der Waals surface area contributed by atoms with Crippen molar-refractivity contribution in [3.63, 3.8) is 0 Å². The number of hydrogen-bond donors (Lipinski definition) is 0. The zero-order chi connectivity index (χ0) is 9.90. The first-order valence-electron chi connectivity index (χ1n) is 5.13. The van der Waals surface area contributed by atoms with Crippen LogP contribution in [-0.4, -0.2) is 13.1 Å². The Morgan fingerprint density at radius 3 is 2.69 bits per heavy atom. The minimum Gasteiger partial charge on any atom is -0.467 e. The zero-order valence-corrected chi connectivity index (χ0v) is 8.88. The second-order valence-corrected chi connectivity index (χ2v) is 4.92. The van der Waals surface area contributed by atoms with E-state index in [0.717, 1.165) is 11.8 Å². The average molecular weight is 184 g/mol. The minimum absolute atomic E-state index is 0.229. The Kier molecular flexibility index (Phi) is 3.34. The first-order valence-corrected chi connectivity index (χ1v) is 5.13. The van der Waals surface area contributed by atoms with Gasteiger partial charge in [-0.3, -0.25) is 4.79 Å². The fraction of sp³-hybridized carbons (Fsp3) is 0.909. The van der Waals surface area contributed by atoms with E-state index in [4.69, 9.17) is 4.74 Å². The van der Waals surface area contributed by atoms with E-state index in [1.165, 1.54) is 19.3 Å². The summed E-state index contributed by atoms with van der Waals surface area (Å²) in [6.45, 7) is 7.98. The lowest BCUT2D eigenvalue weighted by Crippen LogP contribution is -2.33. The monoisotopic (exact) mass is 184 g/mol. The normalized spacial score (nSPS) is 39.9. The summed E-state index contributed by atoms with van der Waals surface area (Å²) in [5.41, 5.74) is 0.229. The average Bonchev–Trinajstić information content (AvgIpc) is 2.09. The van der Waals surface area contributed by atoms with Crippen LogP contribution in [0.2, 0.25) is 0 Å². The van der Waals surface area contributed by atoms with Crippen molar-refractivity contribution in [1.29, 1.82) is 0 Å². The Hall–Kier alpha value is -0.530. The molecular weight excluding hydrogens is 164 g/mol. The number of carbonyl (C=O) groups is 1. The highest BCUT2D eigenvalue weighted by Gasteiger charge is 2.34. The molecule has 1 aliphatic carbocycles. The van der Waals surface area contributed by atoms with Crippen molar-refractivity contribution in [2.45, 2.75) is 40.0 Å². The maximum atomic E-state index is 10.1. The van der Waals surface area contributed by atoms with Crippen molar-refractivity contribution < 1.29 is 9.53 Å². The number of carbonyl (C=O) groups excluding carboxylic acids is 1. The van der Waals surface area contributed by atoms with E-state index in [2.05, 4.69) is 20.8 Å². The van der Waals surface area contributed by atoms with Gasteiger partial charge in [-0.05, 0) is 31.1 Å². The standard InChI is InChI=1S/C11H20O2/c1-9-4-5-11(3,6-10(9)2)7-13-8-12/h8-10H,4-7H2,1-3H3/t9?,10-,11+/m0/s1. The van der Waals surface area contributed by atoms with Crippen LogP contribution in [0.3, 0.4) is 0 Å². The Morgan fingerprint density at radius 2 is 2.15 bits per heavy atom. The van der Waals surface area contributed by atoms with Gasteiger partial charge in [0.2, 0.25) is 0 Å². The maximum absolute atomic E-state index is 10.1. The smallest absolute Gasteiger partial charge is 0.293 e. The van der Waals surface area contributed by atoms with Gasteiger partial charge < -0.3 is 4.74 Å². The summed E-state index contributed by atoms with van der Waals surface area (Å²) in [4.78, 5) is 10.1. The maximum Gasteiger partial charge on any atom is 0.293 e. The van der Waals surface area contributed by atoms with Crippen LogP contribution in [0, 0.1) is 17.3 Å². The van der Waals surface area contributed by atoms with Crippen LogP contribution in [0.5, 0.6) is 0 Å². The Bertz CT molecular complexity index is 179. The van der Waals surface area contributed by atoms with Crippen LogP contribution < -0.4 is 0 Å². The molecule has 0 heterocycles. The van der Waals surface area contributed by atoms with E-state index < -0.39 is 0 Å². The highest BCUT2D eigenvalue weighted by Crippen LogP contribution is 2.41. The summed E-state index contributed by atoms with van der Waals surface area (Å²) in [5.74, 6) is 1.58. The van der Waals surface area contributed by atoms with Crippen LogP contribution >= 0.6 is 0 Å².